The lowest BCUT2D eigenvalue weighted by molar-refractivity contribution is 0.247. The Labute approximate surface area is 69.9 Å². The van der Waals surface area contributed by atoms with Crippen molar-refractivity contribution in [2.45, 2.75) is 45.6 Å². The second-order valence-corrected chi connectivity index (χ2v) is 3.84. The highest BCUT2D eigenvalue weighted by Crippen LogP contribution is 2.32. The van der Waals surface area contributed by atoms with Crippen LogP contribution in [0.25, 0.3) is 0 Å². The Bertz CT molecular complexity index is 131. The predicted molar refractivity (Wildman–Crippen MR) is 50.1 cm³/mol. The van der Waals surface area contributed by atoms with Gasteiger partial charge in [0, 0.05) is 0 Å². The normalized spacial score (nSPS) is 38.5. The zero-order valence-corrected chi connectivity index (χ0v) is 7.71. The third-order valence-corrected chi connectivity index (χ3v) is 2.98. The monoisotopic (exact) mass is 153 g/mol. The molecule has 0 aliphatic heterocycles. The van der Waals surface area contributed by atoms with Gasteiger partial charge in [-0.1, -0.05) is 26.7 Å². The van der Waals surface area contributed by atoms with Crippen molar-refractivity contribution in [2.24, 2.45) is 16.8 Å². The topological polar surface area (TPSA) is 12.4 Å². The van der Waals surface area contributed by atoms with Crippen LogP contribution in [0.1, 0.15) is 39.5 Å². The van der Waals surface area contributed by atoms with E-state index >= 15 is 0 Å². The van der Waals surface area contributed by atoms with Crippen molar-refractivity contribution in [3.05, 3.63) is 0 Å². The van der Waals surface area contributed by atoms with E-state index in [1.54, 1.807) is 0 Å². The average Bonchev–Trinajstić information content (AvgIpc) is 2.04. The van der Waals surface area contributed by atoms with Gasteiger partial charge < -0.3 is 0 Å². The Kier molecular flexibility index (Phi) is 3.10. The maximum Gasteiger partial charge on any atom is 0.0523 e. The molecule has 3 atom stereocenters. The standard InChI is InChI=1S/C10H19N/c1-4-9-6-5-8(2)7-10(9)11-3/h8-10H,3-7H2,1-2H3/t8-,9?,10-/m1/s1. The highest BCUT2D eigenvalue weighted by Gasteiger charge is 2.25. The third-order valence-electron chi connectivity index (χ3n) is 2.98. The van der Waals surface area contributed by atoms with Crippen LogP contribution in [0.3, 0.4) is 0 Å². The molecule has 0 aromatic carbocycles. The maximum atomic E-state index is 4.20. The van der Waals surface area contributed by atoms with Crippen molar-refractivity contribution < 1.29 is 0 Å². The summed E-state index contributed by atoms with van der Waals surface area (Å²) in [6, 6.07) is 0.559. The summed E-state index contributed by atoms with van der Waals surface area (Å²) in [4.78, 5) is 4.20. The van der Waals surface area contributed by atoms with Gasteiger partial charge in [0.2, 0.25) is 0 Å². The fraction of sp³-hybridized carbons (Fsp3) is 0.900. The quantitative estimate of drug-likeness (QED) is 0.541. The van der Waals surface area contributed by atoms with E-state index in [-0.39, 0.29) is 0 Å². The Morgan fingerprint density at radius 1 is 1.45 bits per heavy atom. The molecule has 1 rings (SSSR count). The van der Waals surface area contributed by atoms with Crippen molar-refractivity contribution in [1.82, 2.24) is 0 Å². The first-order valence-electron chi connectivity index (χ1n) is 4.73. The molecule has 11 heavy (non-hydrogen) atoms. The summed E-state index contributed by atoms with van der Waals surface area (Å²) < 4.78 is 0. The van der Waals surface area contributed by atoms with E-state index in [0.717, 1.165) is 11.8 Å². The molecule has 0 radical (unpaired) electrons. The van der Waals surface area contributed by atoms with Gasteiger partial charge in [-0.25, -0.2) is 0 Å². The van der Waals surface area contributed by atoms with Crippen molar-refractivity contribution in [3.63, 3.8) is 0 Å². The Morgan fingerprint density at radius 3 is 2.73 bits per heavy atom. The van der Waals surface area contributed by atoms with Crippen LogP contribution in [0.4, 0.5) is 0 Å². The fourth-order valence-electron chi connectivity index (χ4n) is 2.11. The minimum Gasteiger partial charge on any atom is -0.297 e. The SMILES string of the molecule is C=N[C@@H]1C[C@H](C)CCC1CC. The molecule has 1 fully saturated rings. The van der Waals surface area contributed by atoms with Crippen LogP contribution < -0.4 is 0 Å². The van der Waals surface area contributed by atoms with Crippen molar-refractivity contribution in [3.8, 4) is 0 Å². The van der Waals surface area contributed by atoms with E-state index in [2.05, 4.69) is 25.6 Å². The van der Waals surface area contributed by atoms with Crippen LogP contribution in [0, 0.1) is 11.8 Å². The van der Waals surface area contributed by atoms with Gasteiger partial charge >= 0.3 is 0 Å². The first kappa shape index (κ1) is 8.76. The predicted octanol–water partition coefficient (Wildman–Crippen LogP) is 2.90. The van der Waals surface area contributed by atoms with Gasteiger partial charge in [-0.2, -0.15) is 0 Å². The summed E-state index contributed by atoms with van der Waals surface area (Å²) in [5, 5.41) is 0. The lowest BCUT2D eigenvalue weighted by Crippen LogP contribution is -2.26. The van der Waals surface area contributed by atoms with E-state index in [9.17, 15) is 0 Å². The summed E-state index contributed by atoms with van der Waals surface area (Å²) in [5.41, 5.74) is 0. The summed E-state index contributed by atoms with van der Waals surface area (Å²) in [5.74, 6) is 1.69. The Balaban J connectivity index is 2.47. The van der Waals surface area contributed by atoms with Crippen molar-refractivity contribution in [1.29, 1.82) is 0 Å². The zero-order chi connectivity index (χ0) is 8.27. The third kappa shape index (κ3) is 2.05. The highest BCUT2D eigenvalue weighted by atomic mass is 14.8. The smallest absolute Gasteiger partial charge is 0.0523 e. The van der Waals surface area contributed by atoms with Crippen LogP contribution >= 0.6 is 0 Å². The Morgan fingerprint density at radius 2 is 2.18 bits per heavy atom. The number of rotatable bonds is 2. The van der Waals surface area contributed by atoms with Gasteiger partial charge in [-0.3, -0.25) is 4.99 Å². The molecule has 1 nitrogen and oxygen atoms in total. The second-order valence-electron chi connectivity index (χ2n) is 3.84. The zero-order valence-electron chi connectivity index (χ0n) is 7.71. The van der Waals surface area contributed by atoms with E-state index < -0.39 is 0 Å². The van der Waals surface area contributed by atoms with Gasteiger partial charge in [0.1, 0.15) is 0 Å². The molecule has 0 bridgehead atoms. The molecule has 64 valence electrons. The van der Waals surface area contributed by atoms with Gasteiger partial charge in [0.25, 0.3) is 0 Å². The van der Waals surface area contributed by atoms with Crippen LogP contribution in [0.5, 0.6) is 0 Å². The number of aliphatic imine (C=N–C) groups is 1. The molecule has 1 aliphatic rings. The number of hydrogen-bond donors (Lipinski definition) is 0. The fourth-order valence-corrected chi connectivity index (χ4v) is 2.11. The van der Waals surface area contributed by atoms with Crippen LogP contribution in [0.2, 0.25) is 0 Å². The highest BCUT2D eigenvalue weighted by molar-refractivity contribution is 5.24. The molecule has 0 N–H and O–H groups in total. The maximum absolute atomic E-state index is 4.20. The second kappa shape index (κ2) is 3.89. The summed E-state index contributed by atoms with van der Waals surface area (Å²) in [6.45, 7) is 8.25. The molecular formula is C10H19N. The van der Waals surface area contributed by atoms with Crippen LogP contribution in [-0.2, 0) is 0 Å². The minimum absolute atomic E-state index is 0.559. The molecule has 1 saturated carbocycles. The number of hydrogen-bond acceptors (Lipinski definition) is 1. The summed E-state index contributed by atoms with van der Waals surface area (Å²) in [6.07, 6.45) is 5.30. The molecule has 1 unspecified atom stereocenters. The van der Waals surface area contributed by atoms with Gasteiger partial charge in [0.15, 0.2) is 0 Å². The molecule has 0 aromatic rings. The molecule has 1 heteroatoms. The number of nitrogens with zero attached hydrogens (tertiary/aromatic N) is 1. The van der Waals surface area contributed by atoms with E-state index in [1.807, 2.05) is 0 Å². The largest absolute Gasteiger partial charge is 0.297 e. The van der Waals surface area contributed by atoms with Gasteiger partial charge in [-0.05, 0) is 31.4 Å². The lowest BCUT2D eigenvalue weighted by Gasteiger charge is -2.31. The van der Waals surface area contributed by atoms with Crippen LogP contribution in [-0.4, -0.2) is 12.8 Å². The summed E-state index contributed by atoms with van der Waals surface area (Å²) >= 11 is 0. The van der Waals surface area contributed by atoms with Crippen LogP contribution in [0.15, 0.2) is 4.99 Å². The first-order chi connectivity index (χ1) is 5.27. The lowest BCUT2D eigenvalue weighted by atomic mass is 9.78. The van der Waals surface area contributed by atoms with Gasteiger partial charge in [-0.15, -0.1) is 0 Å². The van der Waals surface area contributed by atoms with Gasteiger partial charge in [0.05, 0.1) is 6.04 Å². The molecule has 0 heterocycles. The van der Waals surface area contributed by atoms with E-state index in [4.69, 9.17) is 0 Å². The first-order valence-corrected chi connectivity index (χ1v) is 4.73. The molecule has 0 spiro atoms. The molecule has 0 saturated heterocycles. The van der Waals surface area contributed by atoms with Crippen molar-refractivity contribution >= 4 is 6.72 Å². The van der Waals surface area contributed by atoms with E-state index in [1.165, 1.54) is 25.7 Å². The molecular weight excluding hydrogens is 134 g/mol. The van der Waals surface area contributed by atoms with E-state index in [0.29, 0.717) is 6.04 Å². The molecule has 0 aromatic heterocycles. The minimum atomic E-state index is 0.559. The molecule has 1 aliphatic carbocycles. The summed E-state index contributed by atoms with van der Waals surface area (Å²) in [7, 11) is 0. The van der Waals surface area contributed by atoms with Crippen molar-refractivity contribution in [2.75, 3.05) is 0 Å². The molecule has 0 amide bonds. The average molecular weight is 153 g/mol. The Hall–Kier alpha value is -0.330.